The Morgan fingerprint density at radius 3 is 2.57 bits per heavy atom. The highest BCUT2D eigenvalue weighted by Gasteiger charge is 2.37. The number of likely N-dealkylation sites (tertiary alicyclic amines) is 1. The molecule has 0 spiro atoms. The van der Waals surface area contributed by atoms with Crippen LogP contribution in [0.15, 0.2) is 10.6 Å². The molecular weight excluding hydrogens is 294 g/mol. The summed E-state index contributed by atoms with van der Waals surface area (Å²) in [6, 6.07) is 2.20. The second-order valence-electron chi connectivity index (χ2n) is 7.73. The van der Waals surface area contributed by atoms with Gasteiger partial charge in [0.2, 0.25) is 0 Å². The minimum atomic E-state index is -0.139. The van der Waals surface area contributed by atoms with Crippen LogP contribution in [-0.2, 0) is 10.2 Å². The van der Waals surface area contributed by atoms with Gasteiger partial charge in [-0.15, -0.1) is 0 Å². The molecule has 0 bridgehead atoms. The van der Waals surface area contributed by atoms with Crippen molar-refractivity contribution in [1.29, 1.82) is 0 Å². The number of morpholine rings is 1. The number of nitrogens with zero attached hydrogens (tertiary/aromatic N) is 3. The fraction of sp³-hybridized carbons (Fsp3) is 0.765. The predicted octanol–water partition coefficient (Wildman–Crippen LogP) is 1.76. The van der Waals surface area contributed by atoms with Gasteiger partial charge in [-0.05, 0) is 5.92 Å². The molecule has 128 valence electrons. The second kappa shape index (κ2) is 6.24. The molecule has 23 heavy (non-hydrogen) atoms. The highest BCUT2D eigenvalue weighted by atomic mass is 16.5. The van der Waals surface area contributed by atoms with Crippen molar-refractivity contribution in [3.05, 3.63) is 17.5 Å². The topological polar surface area (TPSA) is 58.8 Å². The first-order chi connectivity index (χ1) is 10.9. The first-order valence-corrected chi connectivity index (χ1v) is 8.44. The van der Waals surface area contributed by atoms with Gasteiger partial charge in [0.25, 0.3) is 5.91 Å². The maximum Gasteiger partial charge on any atom is 0.276 e. The predicted molar refractivity (Wildman–Crippen MR) is 86.5 cm³/mol. The van der Waals surface area contributed by atoms with Crippen LogP contribution in [0.2, 0.25) is 0 Å². The molecule has 6 nitrogen and oxygen atoms in total. The Morgan fingerprint density at radius 1 is 1.26 bits per heavy atom. The fourth-order valence-corrected chi connectivity index (χ4v) is 3.39. The summed E-state index contributed by atoms with van der Waals surface area (Å²) in [5.41, 5.74) is 0.282. The van der Waals surface area contributed by atoms with Crippen LogP contribution in [0.3, 0.4) is 0 Å². The van der Waals surface area contributed by atoms with E-state index >= 15 is 0 Å². The molecule has 2 fully saturated rings. The fourth-order valence-electron chi connectivity index (χ4n) is 3.39. The van der Waals surface area contributed by atoms with Crippen LogP contribution in [0, 0.1) is 5.92 Å². The summed E-state index contributed by atoms with van der Waals surface area (Å²) in [5, 5.41) is 3.99. The molecule has 3 heterocycles. The SMILES string of the molecule is C[C@@H]1CN(C(=O)c2cc(C(C)(C)C)on2)C[C@@H]1N1CCOCC1. The van der Waals surface area contributed by atoms with Gasteiger partial charge < -0.3 is 14.2 Å². The number of ether oxygens (including phenoxy) is 1. The van der Waals surface area contributed by atoms with Crippen LogP contribution in [0.4, 0.5) is 0 Å². The van der Waals surface area contributed by atoms with E-state index in [2.05, 4.69) is 17.0 Å². The maximum absolute atomic E-state index is 12.7. The summed E-state index contributed by atoms with van der Waals surface area (Å²) < 4.78 is 10.8. The van der Waals surface area contributed by atoms with Crippen molar-refractivity contribution in [3.63, 3.8) is 0 Å². The molecule has 0 radical (unpaired) electrons. The van der Waals surface area contributed by atoms with Gasteiger partial charge in [0.15, 0.2) is 5.69 Å². The summed E-state index contributed by atoms with van der Waals surface area (Å²) in [4.78, 5) is 17.1. The average molecular weight is 321 g/mol. The summed E-state index contributed by atoms with van der Waals surface area (Å²) >= 11 is 0. The molecule has 2 saturated heterocycles. The van der Waals surface area contributed by atoms with E-state index in [0.29, 0.717) is 17.7 Å². The Bertz CT molecular complexity index is 558. The van der Waals surface area contributed by atoms with Crippen LogP contribution in [0.5, 0.6) is 0 Å². The van der Waals surface area contributed by atoms with E-state index < -0.39 is 0 Å². The smallest absolute Gasteiger partial charge is 0.276 e. The molecule has 0 unspecified atom stereocenters. The number of amides is 1. The van der Waals surface area contributed by atoms with Crippen LogP contribution in [0.25, 0.3) is 0 Å². The number of rotatable bonds is 2. The van der Waals surface area contributed by atoms with Gasteiger partial charge in [0.1, 0.15) is 5.76 Å². The second-order valence-corrected chi connectivity index (χ2v) is 7.73. The van der Waals surface area contributed by atoms with E-state index in [1.165, 1.54) is 0 Å². The molecule has 2 aliphatic heterocycles. The molecular formula is C17H27N3O3. The van der Waals surface area contributed by atoms with Crippen molar-refractivity contribution >= 4 is 5.91 Å². The zero-order valence-electron chi connectivity index (χ0n) is 14.5. The molecule has 3 rings (SSSR count). The minimum absolute atomic E-state index is 0.0214. The molecule has 2 aliphatic rings. The van der Waals surface area contributed by atoms with Crippen LogP contribution >= 0.6 is 0 Å². The van der Waals surface area contributed by atoms with Crippen LogP contribution in [0.1, 0.15) is 43.9 Å². The largest absolute Gasteiger partial charge is 0.379 e. The number of carbonyl (C=O) groups excluding carboxylic acids is 1. The van der Waals surface area contributed by atoms with Crippen molar-refractivity contribution in [2.45, 2.75) is 39.2 Å². The lowest BCUT2D eigenvalue weighted by Crippen LogP contribution is -2.47. The molecule has 6 heteroatoms. The van der Waals surface area contributed by atoms with Crippen molar-refractivity contribution in [2.24, 2.45) is 5.92 Å². The van der Waals surface area contributed by atoms with Gasteiger partial charge in [-0.25, -0.2) is 0 Å². The molecule has 2 atom stereocenters. The third kappa shape index (κ3) is 3.43. The average Bonchev–Trinajstić information content (AvgIpc) is 3.14. The Kier molecular flexibility index (Phi) is 4.47. The van der Waals surface area contributed by atoms with Crippen molar-refractivity contribution in [2.75, 3.05) is 39.4 Å². The Morgan fingerprint density at radius 2 is 1.96 bits per heavy atom. The van der Waals surface area contributed by atoms with E-state index in [9.17, 15) is 4.79 Å². The Labute approximate surface area is 137 Å². The molecule has 1 aromatic heterocycles. The molecule has 0 saturated carbocycles. The lowest BCUT2D eigenvalue weighted by atomic mass is 9.93. The molecule has 1 amide bonds. The van der Waals surface area contributed by atoms with E-state index in [4.69, 9.17) is 9.26 Å². The lowest BCUT2D eigenvalue weighted by molar-refractivity contribution is 0.0119. The van der Waals surface area contributed by atoms with Gasteiger partial charge >= 0.3 is 0 Å². The first-order valence-electron chi connectivity index (χ1n) is 8.44. The Balaban J connectivity index is 1.67. The highest BCUT2D eigenvalue weighted by molar-refractivity contribution is 5.92. The van der Waals surface area contributed by atoms with Gasteiger partial charge in [0, 0.05) is 43.7 Å². The Hall–Kier alpha value is -1.40. The summed E-state index contributed by atoms with van der Waals surface area (Å²) in [6.45, 7) is 13.4. The highest BCUT2D eigenvalue weighted by Crippen LogP contribution is 2.26. The van der Waals surface area contributed by atoms with E-state index in [0.717, 1.165) is 45.2 Å². The molecule has 1 aromatic rings. The third-order valence-electron chi connectivity index (χ3n) is 4.84. The zero-order valence-corrected chi connectivity index (χ0v) is 14.5. The van der Waals surface area contributed by atoms with Crippen molar-refractivity contribution in [3.8, 4) is 0 Å². The summed E-state index contributed by atoms with van der Waals surface area (Å²) in [7, 11) is 0. The zero-order chi connectivity index (χ0) is 16.6. The number of aromatic nitrogens is 1. The third-order valence-corrected chi connectivity index (χ3v) is 4.84. The molecule has 0 aliphatic carbocycles. The molecule has 0 N–H and O–H groups in total. The van der Waals surface area contributed by atoms with Gasteiger partial charge in [-0.3, -0.25) is 9.69 Å². The maximum atomic E-state index is 12.7. The number of hydrogen-bond donors (Lipinski definition) is 0. The summed E-state index contributed by atoms with van der Waals surface area (Å²) in [5.74, 6) is 1.19. The quantitative estimate of drug-likeness (QED) is 0.831. The summed E-state index contributed by atoms with van der Waals surface area (Å²) in [6.07, 6.45) is 0. The first kappa shape index (κ1) is 16.5. The van der Waals surface area contributed by atoms with Crippen LogP contribution < -0.4 is 0 Å². The van der Waals surface area contributed by atoms with Crippen molar-refractivity contribution in [1.82, 2.24) is 15.0 Å². The van der Waals surface area contributed by atoms with Crippen LogP contribution in [-0.4, -0.2) is 66.3 Å². The van der Waals surface area contributed by atoms with E-state index in [1.54, 1.807) is 6.07 Å². The van der Waals surface area contributed by atoms with Gasteiger partial charge in [0.05, 0.1) is 13.2 Å². The number of carbonyl (C=O) groups is 1. The minimum Gasteiger partial charge on any atom is -0.379 e. The molecule has 0 aromatic carbocycles. The standard InChI is InChI=1S/C17H27N3O3/c1-12-10-20(11-14(12)19-5-7-22-8-6-19)16(21)13-9-15(23-18-13)17(2,3)4/h9,12,14H,5-8,10-11H2,1-4H3/t12-,14+/m1/s1. The van der Waals surface area contributed by atoms with Crippen molar-refractivity contribution < 1.29 is 14.1 Å². The normalized spacial score (nSPS) is 26.7. The number of hydrogen-bond acceptors (Lipinski definition) is 5. The van der Waals surface area contributed by atoms with Gasteiger partial charge in [-0.1, -0.05) is 32.9 Å². The monoisotopic (exact) mass is 321 g/mol. The van der Waals surface area contributed by atoms with E-state index in [-0.39, 0.29) is 11.3 Å². The van der Waals surface area contributed by atoms with Gasteiger partial charge in [-0.2, -0.15) is 0 Å². The lowest BCUT2D eigenvalue weighted by Gasteiger charge is -2.33. The van der Waals surface area contributed by atoms with E-state index in [1.807, 2.05) is 25.7 Å².